The minimum absolute atomic E-state index is 0.483. The first-order valence-corrected chi connectivity index (χ1v) is 7.00. The monoisotopic (exact) mass is 225 g/mol. The molecule has 0 amide bonds. The molecule has 0 aromatic heterocycles. The van der Waals surface area contributed by atoms with Gasteiger partial charge in [-0.1, -0.05) is 20.8 Å². The summed E-state index contributed by atoms with van der Waals surface area (Å²) in [6.45, 7) is 11.8. The molecule has 2 heteroatoms. The van der Waals surface area contributed by atoms with Crippen molar-refractivity contribution in [1.82, 2.24) is 4.90 Å². The van der Waals surface area contributed by atoms with Crippen molar-refractivity contribution in [2.75, 3.05) is 26.2 Å². The van der Waals surface area contributed by atoms with Crippen LogP contribution in [0.25, 0.3) is 0 Å². The lowest BCUT2D eigenvalue weighted by atomic mass is 9.85. The predicted octanol–water partition coefficient (Wildman–Crippen LogP) is 2.78. The molecule has 2 aliphatic heterocycles. The van der Waals surface area contributed by atoms with Crippen LogP contribution in [0, 0.1) is 17.8 Å². The Bertz CT molecular complexity index is 211. The molecule has 0 aliphatic carbocycles. The van der Waals surface area contributed by atoms with Crippen LogP contribution in [0.4, 0.5) is 0 Å². The van der Waals surface area contributed by atoms with Gasteiger partial charge in [-0.25, -0.2) is 0 Å². The van der Waals surface area contributed by atoms with Crippen LogP contribution < -0.4 is 0 Å². The first kappa shape index (κ1) is 12.4. The lowest BCUT2D eigenvalue weighted by Gasteiger charge is -2.39. The maximum absolute atomic E-state index is 5.95. The molecule has 16 heavy (non-hydrogen) atoms. The van der Waals surface area contributed by atoms with Crippen molar-refractivity contribution in [1.29, 1.82) is 0 Å². The SMILES string of the molecule is CC1CCN(C[C@H]2OCC[C@H](C)[C@H]2C)CC1. The van der Waals surface area contributed by atoms with Crippen molar-refractivity contribution < 1.29 is 4.74 Å². The fourth-order valence-corrected chi connectivity index (χ4v) is 2.90. The van der Waals surface area contributed by atoms with Crippen molar-refractivity contribution in [3.05, 3.63) is 0 Å². The Labute approximate surface area is 100 Å². The van der Waals surface area contributed by atoms with Gasteiger partial charge in [-0.2, -0.15) is 0 Å². The van der Waals surface area contributed by atoms with Crippen molar-refractivity contribution in [3.63, 3.8) is 0 Å². The van der Waals surface area contributed by atoms with E-state index in [1.807, 2.05) is 0 Å². The minimum Gasteiger partial charge on any atom is -0.377 e. The van der Waals surface area contributed by atoms with E-state index >= 15 is 0 Å². The van der Waals surface area contributed by atoms with Gasteiger partial charge in [0.05, 0.1) is 6.10 Å². The van der Waals surface area contributed by atoms with E-state index in [0.29, 0.717) is 6.10 Å². The molecule has 0 bridgehead atoms. The summed E-state index contributed by atoms with van der Waals surface area (Å²) < 4.78 is 5.95. The van der Waals surface area contributed by atoms with Gasteiger partial charge >= 0.3 is 0 Å². The smallest absolute Gasteiger partial charge is 0.0729 e. The topological polar surface area (TPSA) is 12.5 Å². The van der Waals surface area contributed by atoms with Crippen LogP contribution in [-0.2, 0) is 4.74 Å². The summed E-state index contributed by atoms with van der Waals surface area (Å²) in [6, 6.07) is 0. The highest BCUT2D eigenvalue weighted by Crippen LogP contribution is 2.27. The number of piperidine rings is 1. The first-order valence-electron chi connectivity index (χ1n) is 7.00. The Balaban J connectivity index is 1.80. The van der Waals surface area contributed by atoms with Gasteiger partial charge in [-0.3, -0.25) is 0 Å². The average molecular weight is 225 g/mol. The zero-order valence-electron chi connectivity index (χ0n) is 11.1. The van der Waals surface area contributed by atoms with Crippen molar-refractivity contribution >= 4 is 0 Å². The molecular weight excluding hydrogens is 198 g/mol. The molecule has 0 N–H and O–H groups in total. The van der Waals surface area contributed by atoms with Crippen LogP contribution in [-0.4, -0.2) is 37.2 Å². The summed E-state index contributed by atoms with van der Waals surface area (Å²) in [4.78, 5) is 2.61. The lowest BCUT2D eigenvalue weighted by molar-refractivity contribution is -0.0640. The molecule has 2 aliphatic rings. The van der Waals surface area contributed by atoms with Crippen LogP contribution in [0.1, 0.15) is 40.0 Å². The number of hydrogen-bond acceptors (Lipinski definition) is 2. The molecule has 0 radical (unpaired) electrons. The van der Waals surface area contributed by atoms with Crippen molar-refractivity contribution in [2.45, 2.75) is 46.1 Å². The Morgan fingerprint density at radius 3 is 2.44 bits per heavy atom. The molecule has 0 aromatic carbocycles. The second kappa shape index (κ2) is 5.50. The molecular formula is C14H27NO. The summed E-state index contributed by atoms with van der Waals surface area (Å²) in [6.07, 6.45) is 4.47. The third kappa shape index (κ3) is 2.98. The second-order valence-corrected chi connectivity index (χ2v) is 6.02. The third-order valence-corrected chi connectivity index (χ3v) is 4.70. The highest BCUT2D eigenvalue weighted by atomic mass is 16.5. The molecule has 2 nitrogen and oxygen atoms in total. The second-order valence-electron chi connectivity index (χ2n) is 6.02. The van der Waals surface area contributed by atoms with Gasteiger partial charge in [0.1, 0.15) is 0 Å². The molecule has 0 saturated carbocycles. The standard InChI is InChI=1S/C14H27NO/c1-11-4-7-15(8-5-11)10-14-13(3)12(2)6-9-16-14/h11-14H,4-10H2,1-3H3/t12-,13+,14+/m0/s1. The predicted molar refractivity (Wildman–Crippen MR) is 67.5 cm³/mol. The number of hydrogen-bond donors (Lipinski definition) is 0. The molecule has 2 fully saturated rings. The summed E-state index contributed by atoms with van der Waals surface area (Å²) >= 11 is 0. The molecule has 0 aromatic rings. The fraction of sp³-hybridized carbons (Fsp3) is 1.00. The number of ether oxygens (including phenoxy) is 1. The average Bonchev–Trinajstić information content (AvgIpc) is 2.28. The largest absolute Gasteiger partial charge is 0.377 e. The van der Waals surface area contributed by atoms with Gasteiger partial charge in [0.2, 0.25) is 0 Å². The molecule has 2 saturated heterocycles. The molecule has 2 rings (SSSR count). The zero-order valence-corrected chi connectivity index (χ0v) is 11.1. The van der Waals surface area contributed by atoms with E-state index in [4.69, 9.17) is 4.74 Å². The van der Waals surface area contributed by atoms with E-state index in [-0.39, 0.29) is 0 Å². The number of rotatable bonds is 2. The summed E-state index contributed by atoms with van der Waals surface area (Å²) in [5.41, 5.74) is 0. The summed E-state index contributed by atoms with van der Waals surface area (Å²) in [7, 11) is 0. The Morgan fingerprint density at radius 2 is 1.75 bits per heavy atom. The van der Waals surface area contributed by atoms with Gasteiger partial charge in [-0.05, 0) is 50.1 Å². The molecule has 0 spiro atoms. The maximum Gasteiger partial charge on any atom is 0.0729 e. The Kier molecular flexibility index (Phi) is 4.26. The lowest BCUT2D eigenvalue weighted by Crippen LogP contribution is -2.45. The zero-order chi connectivity index (χ0) is 11.5. The third-order valence-electron chi connectivity index (χ3n) is 4.70. The van der Waals surface area contributed by atoms with Crippen molar-refractivity contribution in [3.8, 4) is 0 Å². The van der Waals surface area contributed by atoms with Crippen LogP contribution in [0.3, 0.4) is 0 Å². The van der Waals surface area contributed by atoms with Gasteiger partial charge in [0.15, 0.2) is 0 Å². The Hall–Kier alpha value is -0.0800. The van der Waals surface area contributed by atoms with Crippen molar-refractivity contribution in [2.24, 2.45) is 17.8 Å². The summed E-state index contributed by atoms with van der Waals surface area (Å²) in [5, 5.41) is 0. The number of likely N-dealkylation sites (tertiary alicyclic amines) is 1. The van der Waals surface area contributed by atoms with E-state index < -0.39 is 0 Å². The molecule has 0 unspecified atom stereocenters. The normalized spacial score (nSPS) is 38.8. The Morgan fingerprint density at radius 1 is 1.06 bits per heavy atom. The fourth-order valence-electron chi connectivity index (χ4n) is 2.90. The molecule has 2 heterocycles. The van der Waals surface area contributed by atoms with Crippen LogP contribution >= 0.6 is 0 Å². The van der Waals surface area contributed by atoms with E-state index in [2.05, 4.69) is 25.7 Å². The first-order chi connectivity index (χ1) is 7.66. The van der Waals surface area contributed by atoms with E-state index in [0.717, 1.165) is 30.9 Å². The van der Waals surface area contributed by atoms with E-state index in [1.54, 1.807) is 0 Å². The minimum atomic E-state index is 0.483. The van der Waals surface area contributed by atoms with Gasteiger partial charge < -0.3 is 9.64 Å². The molecule has 3 atom stereocenters. The maximum atomic E-state index is 5.95. The van der Waals surface area contributed by atoms with Crippen LogP contribution in [0.5, 0.6) is 0 Å². The highest BCUT2D eigenvalue weighted by molar-refractivity contribution is 4.80. The van der Waals surface area contributed by atoms with Gasteiger partial charge in [0, 0.05) is 13.2 Å². The number of nitrogens with zero attached hydrogens (tertiary/aromatic N) is 1. The van der Waals surface area contributed by atoms with E-state index in [9.17, 15) is 0 Å². The quantitative estimate of drug-likeness (QED) is 0.716. The highest BCUT2D eigenvalue weighted by Gasteiger charge is 2.30. The van der Waals surface area contributed by atoms with Gasteiger partial charge in [0.25, 0.3) is 0 Å². The van der Waals surface area contributed by atoms with Gasteiger partial charge in [-0.15, -0.1) is 0 Å². The van der Waals surface area contributed by atoms with Crippen LogP contribution in [0.2, 0.25) is 0 Å². The molecule has 94 valence electrons. The van der Waals surface area contributed by atoms with Crippen LogP contribution in [0.15, 0.2) is 0 Å². The summed E-state index contributed by atoms with van der Waals surface area (Å²) in [5.74, 6) is 2.50. The van der Waals surface area contributed by atoms with E-state index in [1.165, 1.54) is 32.4 Å².